The molecule has 2 atom stereocenters. The molecule has 0 bridgehead atoms. The SMILES string of the molecule is CCC(C)(C)N(C)C(C)CC(C)(C#N)NC(C)C. The van der Waals surface area contributed by atoms with Gasteiger partial charge in [0.2, 0.25) is 0 Å². The Bertz CT molecular complexity index is 291. The van der Waals surface area contributed by atoms with E-state index in [-0.39, 0.29) is 5.54 Å². The first kappa shape index (κ1) is 17.4. The molecule has 0 spiro atoms. The maximum atomic E-state index is 9.39. The summed E-state index contributed by atoms with van der Waals surface area (Å²) in [5, 5.41) is 12.8. The van der Waals surface area contributed by atoms with Crippen molar-refractivity contribution in [2.24, 2.45) is 0 Å². The molecule has 3 heteroatoms. The number of hydrogen-bond donors (Lipinski definition) is 1. The fourth-order valence-electron chi connectivity index (χ4n) is 2.35. The van der Waals surface area contributed by atoms with Gasteiger partial charge in [-0.25, -0.2) is 0 Å². The molecule has 3 nitrogen and oxygen atoms in total. The molecule has 0 fully saturated rings. The summed E-state index contributed by atoms with van der Waals surface area (Å²) in [6.45, 7) is 15.1. The molecule has 0 aromatic rings. The number of rotatable bonds is 7. The summed E-state index contributed by atoms with van der Waals surface area (Å²) >= 11 is 0. The average molecular weight is 253 g/mol. The quantitative estimate of drug-likeness (QED) is 0.757. The average Bonchev–Trinajstić information content (AvgIpc) is 2.26. The van der Waals surface area contributed by atoms with Crippen molar-refractivity contribution in [1.29, 1.82) is 5.26 Å². The fourth-order valence-corrected chi connectivity index (χ4v) is 2.35. The molecular weight excluding hydrogens is 222 g/mol. The van der Waals surface area contributed by atoms with E-state index < -0.39 is 5.54 Å². The third kappa shape index (κ3) is 4.96. The Labute approximate surface area is 114 Å². The monoisotopic (exact) mass is 253 g/mol. The van der Waals surface area contributed by atoms with Gasteiger partial charge in [0.05, 0.1) is 6.07 Å². The Morgan fingerprint density at radius 1 is 1.22 bits per heavy atom. The van der Waals surface area contributed by atoms with Crippen LogP contribution in [0.1, 0.15) is 61.3 Å². The van der Waals surface area contributed by atoms with Crippen LogP contribution < -0.4 is 5.32 Å². The lowest BCUT2D eigenvalue weighted by atomic mass is 9.90. The molecule has 0 rings (SSSR count). The van der Waals surface area contributed by atoms with E-state index in [1.165, 1.54) is 0 Å². The zero-order valence-corrected chi connectivity index (χ0v) is 13.5. The molecule has 1 N–H and O–H groups in total. The molecule has 0 radical (unpaired) electrons. The molecule has 0 saturated carbocycles. The summed E-state index contributed by atoms with van der Waals surface area (Å²) in [6.07, 6.45) is 1.94. The Morgan fingerprint density at radius 3 is 2.06 bits per heavy atom. The number of nitriles is 1. The molecule has 0 aliphatic heterocycles. The Hall–Kier alpha value is -0.590. The van der Waals surface area contributed by atoms with Gasteiger partial charge in [0.1, 0.15) is 5.54 Å². The zero-order valence-electron chi connectivity index (χ0n) is 13.5. The Balaban J connectivity index is 4.73. The second-order valence-electron chi connectivity index (χ2n) is 6.57. The van der Waals surface area contributed by atoms with E-state index in [0.717, 1.165) is 12.8 Å². The third-order valence-electron chi connectivity index (χ3n) is 4.04. The van der Waals surface area contributed by atoms with Gasteiger partial charge in [-0.2, -0.15) is 5.26 Å². The maximum Gasteiger partial charge on any atom is 0.105 e. The van der Waals surface area contributed by atoms with Gasteiger partial charge >= 0.3 is 0 Å². The summed E-state index contributed by atoms with van der Waals surface area (Å²) in [4.78, 5) is 2.38. The minimum absolute atomic E-state index is 0.174. The van der Waals surface area contributed by atoms with Crippen LogP contribution in [-0.4, -0.2) is 35.1 Å². The van der Waals surface area contributed by atoms with Gasteiger partial charge in [-0.05, 0) is 61.4 Å². The highest BCUT2D eigenvalue weighted by molar-refractivity contribution is 5.06. The lowest BCUT2D eigenvalue weighted by molar-refractivity contribution is 0.0890. The third-order valence-corrected chi connectivity index (χ3v) is 4.04. The van der Waals surface area contributed by atoms with Gasteiger partial charge in [0.15, 0.2) is 0 Å². The van der Waals surface area contributed by atoms with E-state index in [1.54, 1.807) is 0 Å². The highest BCUT2D eigenvalue weighted by Crippen LogP contribution is 2.24. The summed E-state index contributed by atoms with van der Waals surface area (Å²) in [6, 6.07) is 3.12. The first-order valence-corrected chi connectivity index (χ1v) is 7.00. The van der Waals surface area contributed by atoms with Gasteiger partial charge in [-0.1, -0.05) is 6.92 Å². The summed E-state index contributed by atoms with van der Waals surface area (Å²) < 4.78 is 0. The van der Waals surface area contributed by atoms with Crippen LogP contribution >= 0.6 is 0 Å². The minimum Gasteiger partial charge on any atom is -0.298 e. The van der Waals surface area contributed by atoms with Crippen LogP contribution in [0.2, 0.25) is 0 Å². The first-order valence-electron chi connectivity index (χ1n) is 7.00. The van der Waals surface area contributed by atoms with Gasteiger partial charge in [-0.3, -0.25) is 10.2 Å². The molecule has 106 valence electrons. The van der Waals surface area contributed by atoms with Crippen molar-refractivity contribution in [3.63, 3.8) is 0 Å². The van der Waals surface area contributed by atoms with Crippen molar-refractivity contribution in [2.75, 3.05) is 7.05 Å². The maximum absolute atomic E-state index is 9.39. The van der Waals surface area contributed by atoms with Gasteiger partial charge in [-0.15, -0.1) is 0 Å². The smallest absolute Gasteiger partial charge is 0.105 e. The van der Waals surface area contributed by atoms with Crippen molar-refractivity contribution in [3.8, 4) is 6.07 Å². The van der Waals surface area contributed by atoms with Crippen LogP contribution in [0.3, 0.4) is 0 Å². The lowest BCUT2D eigenvalue weighted by Crippen LogP contribution is -2.52. The van der Waals surface area contributed by atoms with Crippen molar-refractivity contribution in [1.82, 2.24) is 10.2 Å². The van der Waals surface area contributed by atoms with E-state index in [1.807, 2.05) is 6.92 Å². The summed E-state index contributed by atoms with van der Waals surface area (Å²) in [5.74, 6) is 0. The predicted molar refractivity (Wildman–Crippen MR) is 78.5 cm³/mol. The predicted octanol–water partition coefficient (Wildman–Crippen LogP) is 3.17. The van der Waals surface area contributed by atoms with Crippen molar-refractivity contribution in [3.05, 3.63) is 0 Å². The van der Waals surface area contributed by atoms with Crippen LogP contribution in [0.25, 0.3) is 0 Å². The molecule has 0 aliphatic rings. The molecular formula is C15H31N3. The van der Waals surface area contributed by atoms with Crippen molar-refractivity contribution < 1.29 is 0 Å². The normalized spacial score (nSPS) is 17.6. The molecule has 18 heavy (non-hydrogen) atoms. The number of nitrogens with zero attached hydrogens (tertiary/aromatic N) is 2. The molecule has 0 aliphatic carbocycles. The van der Waals surface area contributed by atoms with Crippen LogP contribution in [0, 0.1) is 11.3 Å². The molecule has 0 aromatic heterocycles. The zero-order chi connectivity index (χ0) is 14.6. The van der Waals surface area contributed by atoms with Crippen molar-refractivity contribution >= 4 is 0 Å². The molecule has 0 amide bonds. The van der Waals surface area contributed by atoms with Gasteiger partial charge < -0.3 is 0 Å². The largest absolute Gasteiger partial charge is 0.298 e. The van der Waals surface area contributed by atoms with E-state index in [2.05, 4.69) is 64.9 Å². The molecule has 0 aromatic carbocycles. The second-order valence-corrected chi connectivity index (χ2v) is 6.57. The molecule has 2 unspecified atom stereocenters. The topological polar surface area (TPSA) is 39.1 Å². The fraction of sp³-hybridized carbons (Fsp3) is 0.933. The minimum atomic E-state index is -0.453. The lowest BCUT2D eigenvalue weighted by Gasteiger charge is -2.41. The Morgan fingerprint density at radius 2 is 1.72 bits per heavy atom. The summed E-state index contributed by atoms with van der Waals surface area (Å²) in [7, 11) is 2.15. The number of nitrogens with one attached hydrogen (secondary N) is 1. The Kier molecular flexibility index (Phi) is 6.33. The standard InChI is InChI=1S/C15H31N3/c1-9-14(5,6)18(8)13(4)10-15(7,11-16)17-12(2)3/h12-13,17H,9-10H2,1-8H3. The van der Waals surface area contributed by atoms with E-state index >= 15 is 0 Å². The highest BCUT2D eigenvalue weighted by Gasteiger charge is 2.32. The first-order chi connectivity index (χ1) is 8.08. The van der Waals surface area contributed by atoms with Crippen LogP contribution in [0.15, 0.2) is 0 Å². The number of hydrogen-bond acceptors (Lipinski definition) is 3. The van der Waals surface area contributed by atoms with Gasteiger partial charge in [0.25, 0.3) is 0 Å². The van der Waals surface area contributed by atoms with E-state index in [4.69, 9.17) is 0 Å². The van der Waals surface area contributed by atoms with Crippen LogP contribution in [-0.2, 0) is 0 Å². The van der Waals surface area contributed by atoms with Crippen molar-refractivity contribution in [2.45, 2.75) is 84.5 Å². The second kappa shape index (κ2) is 6.54. The molecule has 0 saturated heterocycles. The summed E-state index contributed by atoms with van der Waals surface area (Å²) in [5.41, 5.74) is -0.278. The van der Waals surface area contributed by atoms with Crippen LogP contribution in [0.5, 0.6) is 0 Å². The van der Waals surface area contributed by atoms with Crippen LogP contribution in [0.4, 0.5) is 0 Å². The highest BCUT2D eigenvalue weighted by atomic mass is 15.2. The van der Waals surface area contributed by atoms with E-state index in [0.29, 0.717) is 12.1 Å². The van der Waals surface area contributed by atoms with E-state index in [9.17, 15) is 5.26 Å². The molecule has 0 heterocycles. The van der Waals surface area contributed by atoms with Gasteiger partial charge in [0, 0.05) is 17.6 Å².